The van der Waals surface area contributed by atoms with Gasteiger partial charge in [-0.2, -0.15) is 0 Å². The lowest BCUT2D eigenvalue weighted by Crippen LogP contribution is -2.39. The van der Waals surface area contributed by atoms with Crippen LogP contribution in [0.3, 0.4) is 0 Å². The number of hydrogen-bond donors (Lipinski definition) is 3. The van der Waals surface area contributed by atoms with Gasteiger partial charge in [0, 0.05) is 23.1 Å². The molecule has 0 aliphatic carbocycles. The molecule has 3 N–H and O–H groups in total. The lowest BCUT2D eigenvalue weighted by Gasteiger charge is -2.12. The van der Waals surface area contributed by atoms with Gasteiger partial charge in [-0.3, -0.25) is 9.59 Å². The first-order valence-electron chi connectivity index (χ1n) is 5.66. The van der Waals surface area contributed by atoms with Crippen LogP contribution in [0.1, 0.15) is 5.56 Å². The molecule has 0 spiro atoms. The molecule has 0 saturated carbocycles. The molecular weight excluding hydrogens is 291 g/mol. The van der Waals surface area contributed by atoms with Crippen LogP contribution >= 0.6 is 23.2 Å². The van der Waals surface area contributed by atoms with Crippen LogP contribution in [0.5, 0.6) is 0 Å². The molecule has 102 valence electrons. The summed E-state index contributed by atoms with van der Waals surface area (Å²) in [5, 5.41) is 15.5. The summed E-state index contributed by atoms with van der Waals surface area (Å²) in [6.45, 7) is 0.268. The molecule has 7 heteroatoms. The third-order valence-corrected chi connectivity index (χ3v) is 3.49. The Morgan fingerprint density at radius 2 is 2.21 bits per heavy atom. The van der Waals surface area contributed by atoms with Gasteiger partial charge in [0.1, 0.15) is 5.92 Å². The van der Waals surface area contributed by atoms with Crippen molar-refractivity contribution in [1.29, 1.82) is 0 Å². The fourth-order valence-corrected chi connectivity index (χ4v) is 2.33. The fraction of sp³-hybridized carbons (Fsp3) is 0.333. The predicted molar refractivity (Wildman–Crippen MR) is 70.8 cm³/mol. The van der Waals surface area contributed by atoms with Crippen molar-refractivity contribution in [2.45, 2.75) is 12.6 Å². The smallest absolute Gasteiger partial charge is 0.235 e. The summed E-state index contributed by atoms with van der Waals surface area (Å²) in [5.74, 6) is -2.05. The van der Waals surface area contributed by atoms with E-state index in [1.54, 1.807) is 18.2 Å². The maximum absolute atomic E-state index is 11.8. The molecular formula is C12H12Cl2N2O3. The maximum Gasteiger partial charge on any atom is 0.235 e. The summed E-state index contributed by atoms with van der Waals surface area (Å²) >= 11 is 11.7. The summed E-state index contributed by atoms with van der Waals surface area (Å²) in [5.41, 5.74) is 0.687. The highest BCUT2D eigenvalue weighted by molar-refractivity contribution is 6.35. The first-order valence-corrected chi connectivity index (χ1v) is 6.42. The molecule has 0 radical (unpaired) electrons. The summed E-state index contributed by atoms with van der Waals surface area (Å²) < 4.78 is 0. The Balaban J connectivity index is 1.98. The van der Waals surface area contributed by atoms with Crippen LogP contribution in [0.15, 0.2) is 18.2 Å². The molecule has 5 nitrogen and oxygen atoms in total. The van der Waals surface area contributed by atoms with E-state index >= 15 is 0 Å². The van der Waals surface area contributed by atoms with E-state index in [2.05, 4.69) is 10.6 Å². The predicted octanol–water partition coefficient (Wildman–Crippen LogP) is 0.716. The van der Waals surface area contributed by atoms with Crippen LogP contribution in [-0.4, -0.2) is 29.6 Å². The zero-order chi connectivity index (χ0) is 14.0. The van der Waals surface area contributed by atoms with E-state index in [1.165, 1.54) is 0 Å². The third kappa shape index (κ3) is 3.18. The summed E-state index contributed by atoms with van der Waals surface area (Å²) in [6.07, 6.45) is -0.992. The van der Waals surface area contributed by atoms with Gasteiger partial charge in [0.2, 0.25) is 11.8 Å². The third-order valence-electron chi connectivity index (χ3n) is 2.90. The normalized spacial score (nSPS) is 22.2. The number of halogens is 2. The second kappa shape index (κ2) is 5.77. The van der Waals surface area contributed by atoms with Gasteiger partial charge in [0.05, 0.1) is 6.10 Å². The molecule has 2 unspecified atom stereocenters. The molecule has 2 amide bonds. The molecule has 1 aliphatic heterocycles. The van der Waals surface area contributed by atoms with Crippen LogP contribution in [0.2, 0.25) is 10.0 Å². The minimum Gasteiger partial charge on any atom is -0.390 e. The number of carbonyl (C=O) groups excluding carboxylic acids is 2. The Hall–Kier alpha value is -1.30. The zero-order valence-corrected chi connectivity index (χ0v) is 11.3. The number of rotatable bonds is 3. The second-order valence-corrected chi connectivity index (χ2v) is 5.09. The van der Waals surface area contributed by atoms with Crippen molar-refractivity contribution in [2.75, 3.05) is 6.54 Å². The Morgan fingerprint density at radius 1 is 1.47 bits per heavy atom. The summed E-state index contributed by atoms with van der Waals surface area (Å²) in [4.78, 5) is 23.2. The van der Waals surface area contributed by atoms with Crippen LogP contribution < -0.4 is 10.6 Å². The number of β-amino-alcohol motifs (C(OH)–C–C–N with tert-alkyl or cyclic N) is 1. The Kier molecular flexibility index (Phi) is 4.29. The van der Waals surface area contributed by atoms with Gasteiger partial charge in [0.25, 0.3) is 0 Å². The molecule has 0 bridgehead atoms. The van der Waals surface area contributed by atoms with Crippen molar-refractivity contribution in [1.82, 2.24) is 10.6 Å². The van der Waals surface area contributed by atoms with Gasteiger partial charge >= 0.3 is 0 Å². The van der Waals surface area contributed by atoms with Crippen LogP contribution in [0.4, 0.5) is 0 Å². The molecule has 1 aromatic carbocycles. The van der Waals surface area contributed by atoms with Gasteiger partial charge in [-0.05, 0) is 17.7 Å². The van der Waals surface area contributed by atoms with E-state index in [0.29, 0.717) is 15.6 Å². The largest absolute Gasteiger partial charge is 0.390 e. The van der Waals surface area contributed by atoms with Crippen molar-refractivity contribution < 1.29 is 14.7 Å². The highest BCUT2D eigenvalue weighted by atomic mass is 35.5. The van der Waals surface area contributed by atoms with Crippen LogP contribution in [-0.2, 0) is 16.1 Å². The number of amides is 2. The van der Waals surface area contributed by atoms with E-state index in [1.807, 2.05) is 0 Å². The first kappa shape index (κ1) is 14.1. The first-order chi connectivity index (χ1) is 8.99. The van der Waals surface area contributed by atoms with Crippen molar-refractivity contribution in [3.8, 4) is 0 Å². The number of aliphatic hydroxyl groups excluding tert-OH is 1. The number of benzene rings is 1. The molecule has 19 heavy (non-hydrogen) atoms. The summed E-state index contributed by atoms with van der Waals surface area (Å²) in [6, 6.07) is 4.92. The van der Waals surface area contributed by atoms with Crippen molar-refractivity contribution >= 4 is 35.0 Å². The van der Waals surface area contributed by atoms with Gasteiger partial charge in [-0.1, -0.05) is 29.3 Å². The van der Waals surface area contributed by atoms with Gasteiger partial charge in [-0.25, -0.2) is 0 Å². The molecule has 2 atom stereocenters. The van der Waals surface area contributed by atoms with Crippen molar-refractivity contribution in [2.24, 2.45) is 5.92 Å². The van der Waals surface area contributed by atoms with Gasteiger partial charge < -0.3 is 15.7 Å². The van der Waals surface area contributed by atoms with E-state index in [-0.39, 0.29) is 13.1 Å². The van der Waals surface area contributed by atoms with E-state index in [0.717, 1.165) is 0 Å². The number of nitrogens with one attached hydrogen (secondary N) is 2. The molecule has 2 rings (SSSR count). The molecule has 1 aromatic rings. The standard InChI is InChI=1S/C12H12Cl2N2O3/c13-7-2-1-6(8(14)3-7)4-15-11(18)10-9(17)5-16-12(10)19/h1-3,9-10,17H,4-5H2,(H,15,18)(H,16,19). The lowest BCUT2D eigenvalue weighted by molar-refractivity contribution is -0.135. The lowest BCUT2D eigenvalue weighted by atomic mass is 10.0. The highest BCUT2D eigenvalue weighted by Crippen LogP contribution is 2.21. The van der Waals surface area contributed by atoms with Crippen LogP contribution in [0.25, 0.3) is 0 Å². The monoisotopic (exact) mass is 302 g/mol. The SMILES string of the molecule is O=C(NCc1ccc(Cl)cc1Cl)C1C(=O)NCC1O. The summed E-state index contributed by atoms with van der Waals surface area (Å²) in [7, 11) is 0. The van der Waals surface area contributed by atoms with Crippen LogP contribution in [0, 0.1) is 5.92 Å². The van der Waals surface area contributed by atoms with Crippen molar-refractivity contribution in [3.63, 3.8) is 0 Å². The number of aliphatic hydroxyl groups is 1. The van der Waals surface area contributed by atoms with E-state index in [4.69, 9.17) is 23.2 Å². The molecule has 1 fully saturated rings. The second-order valence-electron chi connectivity index (χ2n) is 4.24. The molecule has 1 aliphatic rings. The molecule has 1 saturated heterocycles. The molecule has 1 heterocycles. The van der Waals surface area contributed by atoms with E-state index < -0.39 is 23.8 Å². The quantitative estimate of drug-likeness (QED) is 0.720. The Morgan fingerprint density at radius 3 is 2.79 bits per heavy atom. The fourth-order valence-electron chi connectivity index (χ4n) is 1.86. The average Bonchev–Trinajstić information content (AvgIpc) is 2.68. The zero-order valence-electron chi connectivity index (χ0n) is 9.82. The minimum absolute atomic E-state index is 0.0959. The Labute approximate surface area is 119 Å². The van der Waals surface area contributed by atoms with Crippen molar-refractivity contribution in [3.05, 3.63) is 33.8 Å². The van der Waals surface area contributed by atoms with Gasteiger partial charge in [-0.15, -0.1) is 0 Å². The average molecular weight is 303 g/mol. The minimum atomic E-state index is -1.06. The maximum atomic E-state index is 11.8. The number of carbonyl (C=O) groups is 2. The molecule has 0 aromatic heterocycles. The topological polar surface area (TPSA) is 78.4 Å². The number of hydrogen-bond acceptors (Lipinski definition) is 3. The highest BCUT2D eigenvalue weighted by Gasteiger charge is 2.38. The van der Waals surface area contributed by atoms with E-state index in [9.17, 15) is 14.7 Å². The van der Waals surface area contributed by atoms with Gasteiger partial charge in [0.15, 0.2) is 0 Å². The Bertz CT molecular complexity index is 522.